The molecule has 0 aliphatic carbocycles. The van der Waals surface area contributed by atoms with Gasteiger partial charge in [-0.3, -0.25) is 14.7 Å². The lowest BCUT2D eigenvalue weighted by molar-refractivity contribution is -0.384. The number of nitro groups is 1. The molecule has 1 unspecified atom stereocenters. The van der Waals surface area contributed by atoms with E-state index >= 15 is 0 Å². The first kappa shape index (κ1) is 27.0. The highest BCUT2D eigenvalue weighted by Crippen LogP contribution is 2.28. The average Bonchev–Trinajstić information content (AvgIpc) is 3.48. The van der Waals surface area contributed by atoms with E-state index in [1.807, 2.05) is 25.3 Å². The summed E-state index contributed by atoms with van der Waals surface area (Å²) in [4.78, 5) is 27.2. The van der Waals surface area contributed by atoms with E-state index in [2.05, 4.69) is 35.0 Å². The van der Waals surface area contributed by atoms with Gasteiger partial charge >= 0.3 is 6.09 Å². The third-order valence-corrected chi connectivity index (χ3v) is 7.89. The molecule has 0 saturated heterocycles. The van der Waals surface area contributed by atoms with E-state index in [9.17, 15) is 20.0 Å². The first-order valence-corrected chi connectivity index (χ1v) is 16.0. The highest BCUT2D eigenvalue weighted by Gasteiger charge is 2.24. The number of fused-ring (bicyclic) bond motifs is 1. The number of nitrogens with zero attached hydrogens (tertiary/aromatic N) is 5. The van der Waals surface area contributed by atoms with Crippen LogP contribution in [0, 0.1) is 17.0 Å². The average molecular weight is 537 g/mol. The Morgan fingerprint density at radius 1 is 1.26 bits per heavy atom. The number of para-hydroxylation sites is 2. The molecule has 0 spiro atoms. The van der Waals surface area contributed by atoms with E-state index in [4.69, 9.17) is 4.74 Å². The molecule has 0 fully saturated rings. The van der Waals surface area contributed by atoms with Crippen molar-refractivity contribution in [1.82, 2.24) is 24.6 Å². The number of carbonyl (C=O) groups is 1. The van der Waals surface area contributed by atoms with Gasteiger partial charge in [-0.05, 0) is 36.2 Å². The summed E-state index contributed by atoms with van der Waals surface area (Å²) < 4.78 is 9.17. The van der Waals surface area contributed by atoms with Crippen molar-refractivity contribution in [3.63, 3.8) is 0 Å². The second-order valence-corrected chi connectivity index (χ2v) is 16.1. The van der Waals surface area contributed by atoms with Crippen LogP contribution in [0.1, 0.15) is 23.0 Å². The van der Waals surface area contributed by atoms with Gasteiger partial charge in [-0.2, -0.15) is 5.10 Å². The zero-order valence-corrected chi connectivity index (χ0v) is 22.9. The van der Waals surface area contributed by atoms with Crippen molar-refractivity contribution in [3.05, 3.63) is 82.1 Å². The number of benzene rings is 2. The summed E-state index contributed by atoms with van der Waals surface area (Å²) in [7, 11) is -1.17. The van der Waals surface area contributed by atoms with Crippen LogP contribution < -0.4 is 5.32 Å². The Kier molecular flexibility index (Phi) is 7.93. The van der Waals surface area contributed by atoms with Crippen LogP contribution in [0.25, 0.3) is 16.6 Å². The molecule has 12 heteroatoms. The van der Waals surface area contributed by atoms with Gasteiger partial charge in [0.1, 0.15) is 18.2 Å². The van der Waals surface area contributed by atoms with Crippen molar-refractivity contribution in [1.29, 1.82) is 0 Å². The van der Waals surface area contributed by atoms with Crippen molar-refractivity contribution >= 4 is 30.8 Å². The number of amides is 1. The quantitative estimate of drug-likeness (QED) is 0.115. The van der Waals surface area contributed by atoms with Crippen LogP contribution >= 0.6 is 0 Å². The van der Waals surface area contributed by atoms with E-state index < -0.39 is 25.1 Å². The number of hydrogen-bond acceptors (Lipinski definition) is 6. The third-order valence-electron chi connectivity index (χ3n) is 6.18. The van der Waals surface area contributed by atoms with Crippen LogP contribution in [-0.4, -0.2) is 50.1 Å². The van der Waals surface area contributed by atoms with Gasteiger partial charge in [0.15, 0.2) is 0 Å². The van der Waals surface area contributed by atoms with Gasteiger partial charge < -0.3 is 15.2 Å². The minimum Gasteiger partial charge on any atom is -0.465 e. The Balaban J connectivity index is 1.61. The fourth-order valence-corrected chi connectivity index (χ4v) is 5.10. The number of nitro benzene ring substituents is 1. The standard InChI is InChI=1S/C26H32N6O5Si/c1-18-13-19(14-20-16-30(29-24(18)20)17-37-11-12-38(2,3)4)15-21(28-26(33)34)25-27-9-10-31(25)22-7-5-6-8-23(22)32(35)36/h5-10,13-14,16,21,28H,11-12,15,17H2,1-4H3,(H,33,34). The molecule has 11 nitrogen and oxygen atoms in total. The predicted octanol–water partition coefficient (Wildman–Crippen LogP) is 5.30. The number of imidazole rings is 1. The molecule has 4 rings (SSSR count). The van der Waals surface area contributed by atoms with Crippen molar-refractivity contribution in [2.75, 3.05) is 6.61 Å². The number of ether oxygens (including phenoxy) is 1. The number of nitrogens with one attached hydrogen (secondary N) is 1. The summed E-state index contributed by atoms with van der Waals surface area (Å²) in [5.74, 6) is 0.353. The molecule has 2 aromatic heterocycles. The van der Waals surface area contributed by atoms with Gasteiger partial charge in [0, 0.05) is 51.1 Å². The highest BCUT2D eigenvalue weighted by molar-refractivity contribution is 6.76. The monoisotopic (exact) mass is 536 g/mol. The molecule has 0 radical (unpaired) electrons. The summed E-state index contributed by atoms with van der Waals surface area (Å²) in [6.45, 7) is 9.95. The lowest BCUT2D eigenvalue weighted by Gasteiger charge is -2.19. The molecule has 38 heavy (non-hydrogen) atoms. The van der Waals surface area contributed by atoms with E-state index in [-0.39, 0.29) is 5.69 Å². The third kappa shape index (κ3) is 6.44. The number of hydrogen-bond donors (Lipinski definition) is 2. The Morgan fingerprint density at radius 2 is 2.03 bits per heavy atom. The first-order chi connectivity index (χ1) is 18.0. The second kappa shape index (κ2) is 11.2. The van der Waals surface area contributed by atoms with Crippen LogP contribution in [0.15, 0.2) is 55.0 Å². The Hall–Kier alpha value is -4.03. The van der Waals surface area contributed by atoms with Crippen molar-refractivity contribution < 1.29 is 19.6 Å². The van der Waals surface area contributed by atoms with Gasteiger partial charge in [-0.15, -0.1) is 0 Å². The van der Waals surface area contributed by atoms with Gasteiger partial charge in [0.05, 0.1) is 16.5 Å². The van der Waals surface area contributed by atoms with Crippen LogP contribution in [0.4, 0.5) is 10.5 Å². The van der Waals surface area contributed by atoms with Crippen LogP contribution in [0.2, 0.25) is 25.7 Å². The summed E-state index contributed by atoms with van der Waals surface area (Å²) in [6, 6.07) is 10.6. The molecule has 200 valence electrons. The molecule has 1 atom stereocenters. The first-order valence-electron chi connectivity index (χ1n) is 12.3. The molecule has 0 aliphatic heterocycles. The molecule has 2 heterocycles. The van der Waals surface area contributed by atoms with Crippen LogP contribution in [0.3, 0.4) is 0 Å². The zero-order chi connectivity index (χ0) is 27.4. The van der Waals surface area contributed by atoms with E-state index in [1.165, 1.54) is 12.3 Å². The van der Waals surface area contributed by atoms with E-state index in [0.717, 1.165) is 28.1 Å². The fraction of sp³-hybridized carbons (Fsp3) is 0.346. The Labute approximate surface area is 221 Å². The smallest absolute Gasteiger partial charge is 0.405 e. The van der Waals surface area contributed by atoms with E-state index in [0.29, 0.717) is 31.3 Å². The topological polar surface area (TPSA) is 137 Å². The maximum Gasteiger partial charge on any atom is 0.405 e. The van der Waals surface area contributed by atoms with Crippen molar-refractivity contribution in [2.24, 2.45) is 0 Å². The second-order valence-electron chi connectivity index (χ2n) is 10.5. The number of carboxylic acid groups (broad SMARTS) is 1. The van der Waals surface area contributed by atoms with Gasteiger partial charge in [-0.1, -0.05) is 37.8 Å². The van der Waals surface area contributed by atoms with Crippen LogP contribution in [-0.2, 0) is 17.9 Å². The SMILES string of the molecule is Cc1cc(CC(NC(=O)O)c2nccn2-c2ccccc2[N+](=O)[O-])cc2cn(COCC[Si](C)(C)C)nc12. The van der Waals surface area contributed by atoms with E-state index in [1.54, 1.807) is 33.6 Å². The highest BCUT2D eigenvalue weighted by atomic mass is 28.3. The minimum absolute atomic E-state index is 0.0995. The fourth-order valence-electron chi connectivity index (χ4n) is 4.35. The lowest BCUT2D eigenvalue weighted by atomic mass is 10.0. The predicted molar refractivity (Wildman–Crippen MR) is 146 cm³/mol. The van der Waals surface area contributed by atoms with Gasteiger partial charge in [0.2, 0.25) is 0 Å². The minimum atomic E-state index is -1.21. The number of aromatic nitrogens is 4. The molecule has 2 N–H and O–H groups in total. The van der Waals surface area contributed by atoms with Crippen LogP contribution in [0.5, 0.6) is 0 Å². The molecule has 4 aromatic rings. The zero-order valence-electron chi connectivity index (χ0n) is 21.9. The number of aryl methyl sites for hydroxylation is 1. The normalized spacial score (nSPS) is 12.5. The summed E-state index contributed by atoms with van der Waals surface area (Å²) >= 11 is 0. The largest absolute Gasteiger partial charge is 0.465 e. The Bertz CT molecular complexity index is 1460. The summed E-state index contributed by atoms with van der Waals surface area (Å²) in [5.41, 5.74) is 2.90. The lowest BCUT2D eigenvalue weighted by Crippen LogP contribution is -2.30. The maximum atomic E-state index is 11.7. The molecular weight excluding hydrogens is 504 g/mol. The van der Waals surface area contributed by atoms with Crippen molar-refractivity contribution in [2.45, 2.75) is 51.8 Å². The molecule has 0 aliphatic rings. The van der Waals surface area contributed by atoms with Gasteiger partial charge in [0.25, 0.3) is 5.69 Å². The molecule has 0 saturated carbocycles. The Morgan fingerprint density at radius 3 is 2.74 bits per heavy atom. The molecular formula is C26H32N6O5Si. The molecule has 1 amide bonds. The van der Waals surface area contributed by atoms with Crippen molar-refractivity contribution in [3.8, 4) is 5.69 Å². The summed E-state index contributed by atoms with van der Waals surface area (Å²) in [6.07, 6.45) is 4.10. The summed E-state index contributed by atoms with van der Waals surface area (Å²) in [5, 5.41) is 29.3. The van der Waals surface area contributed by atoms with Gasteiger partial charge in [-0.25, -0.2) is 14.5 Å². The number of rotatable bonds is 11. The molecule has 2 aromatic carbocycles. The maximum absolute atomic E-state index is 11.7. The molecule has 0 bridgehead atoms.